The number of fused-ring (bicyclic) bond motifs is 5. The van der Waals surface area contributed by atoms with Gasteiger partial charge in [0.15, 0.2) is 0 Å². The molecule has 2 aliphatic heterocycles. The smallest absolute Gasteiger partial charge is 0.139 e. The highest BCUT2D eigenvalue weighted by Crippen LogP contribution is 2.43. The second-order valence-corrected chi connectivity index (χ2v) is 6.13. The van der Waals surface area contributed by atoms with Gasteiger partial charge in [-0.2, -0.15) is 0 Å². The molecule has 0 spiro atoms. The molecular weight excluding hydrogens is 260 g/mol. The zero-order valence-corrected chi connectivity index (χ0v) is 12.3. The van der Waals surface area contributed by atoms with E-state index >= 15 is 0 Å². The van der Waals surface area contributed by atoms with Gasteiger partial charge in [0, 0.05) is 19.6 Å². The monoisotopic (exact) mass is 280 g/mol. The van der Waals surface area contributed by atoms with Crippen molar-refractivity contribution in [1.29, 1.82) is 0 Å². The third-order valence-corrected chi connectivity index (χ3v) is 4.76. The second kappa shape index (κ2) is 4.78. The van der Waals surface area contributed by atoms with Crippen LogP contribution in [0.2, 0.25) is 0 Å². The zero-order valence-electron chi connectivity index (χ0n) is 12.3. The van der Waals surface area contributed by atoms with Gasteiger partial charge in [0.1, 0.15) is 5.75 Å². The molecule has 0 aliphatic carbocycles. The normalized spacial score (nSPS) is 21.2. The van der Waals surface area contributed by atoms with Crippen molar-refractivity contribution in [3.63, 3.8) is 0 Å². The number of anilines is 1. The molecule has 0 radical (unpaired) electrons. The molecule has 2 aromatic rings. The summed E-state index contributed by atoms with van der Waals surface area (Å²) in [5.74, 6) is 0.412. The van der Waals surface area contributed by atoms with Gasteiger partial charge in [0.2, 0.25) is 0 Å². The van der Waals surface area contributed by atoms with Crippen LogP contribution in [0, 0.1) is 0 Å². The summed E-state index contributed by atoms with van der Waals surface area (Å²) in [6, 6.07) is 14.9. The lowest BCUT2D eigenvalue weighted by molar-refractivity contribution is 0.268. The predicted molar refractivity (Wildman–Crippen MR) is 84.9 cm³/mol. The van der Waals surface area contributed by atoms with Crippen molar-refractivity contribution >= 4 is 5.69 Å². The molecule has 1 N–H and O–H groups in total. The van der Waals surface area contributed by atoms with Crippen molar-refractivity contribution in [3.8, 4) is 5.75 Å². The molecule has 4 rings (SSSR count). The number of para-hydroxylation sites is 1. The van der Waals surface area contributed by atoms with Crippen LogP contribution in [0.3, 0.4) is 0 Å². The fourth-order valence-electron chi connectivity index (χ4n) is 3.73. The number of likely N-dealkylation sites (N-methyl/N-ethyl adjacent to an activating group) is 1. The van der Waals surface area contributed by atoms with E-state index in [-0.39, 0.29) is 0 Å². The number of nitrogens with zero attached hydrogens (tertiary/aromatic N) is 2. The molecule has 3 heteroatoms. The first kappa shape index (κ1) is 12.7. The summed E-state index contributed by atoms with van der Waals surface area (Å²) in [7, 11) is 2.18. The lowest BCUT2D eigenvalue weighted by Gasteiger charge is -2.41. The molecule has 0 unspecified atom stereocenters. The maximum Gasteiger partial charge on any atom is 0.139 e. The summed E-state index contributed by atoms with van der Waals surface area (Å²) in [5.41, 5.74) is 5.05. The average Bonchev–Trinajstić information content (AvgIpc) is 2.62. The van der Waals surface area contributed by atoms with E-state index in [0.29, 0.717) is 11.8 Å². The first-order valence-corrected chi connectivity index (χ1v) is 7.58. The Balaban J connectivity index is 1.93. The molecule has 0 amide bonds. The van der Waals surface area contributed by atoms with E-state index in [9.17, 15) is 5.11 Å². The molecule has 0 aromatic heterocycles. The summed E-state index contributed by atoms with van der Waals surface area (Å²) >= 11 is 0. The summed E-state index contributed by atoms with van der Waals surface area (Å²) in [4.78, 5) is 4.78. The molecule has 2 heterocycles. The highest BCUT2D eigenvalue weighted by Gasteiger charge is 2.33. The highest BCUT2D eigenvalue weighted by atomic mass is 16.3. The van der Waals surface area contributed by atoms with Crippen molar-refractivity contribution in [2.24, 2.45) is 0 Å². The Bertz CT molecular complexity index is 683. The first-order valence-electron chi connectivity index (χ1n) is 7.58. The van der Waals surface area contributed by atoms with Crippen molar-refractivity contribution < 1.29 is 5.11 Å². The van der Waals surface area contributed by atoms with Gasteiger partial charge in [0.05, 0.1) is 11.7 Å². The number of hydrogen-bond donors (Lipinski definition) is 1. The Kier molecular flexibility index (Phi) is 2.89. The van der Waals surface area contributed by atoms with Crippen LogP contribution in [0.4, 0.5) is 5.69 Å². The predicted octanol–water partition coefficient (Wildman–Crippen LogP) is 2.79. The number of piperazine rings is 1. The number of rotatable bonds is 0. The molecule has 21 heavy (non-hydrogen) atoms. The molecule has 3 nitrogen and oxygen atoms in total. The molecule has 0 saturated carbocycles. The van der Waals surface area contributed by atoms with Gasteiger partial charge in [-0.15, -0.1) is 0 Å². The number of phenols is 1. The van der Waals surface area contributed by atoms with Crippen LogP contribution in [0.1, 0.15) is 22.7 Å². The van der Waals surface area contributed by atoms with Gasteiger partial charge in [-0.25, -0.2) is 0 Å². The minimum Gasteiger partial charge on any atom is -0.506 e. The van der Waals surface area contributed by atoms with E-state index in [4.69, 9.17) is 0 Å². The van der Waals surface area contributed by atoms with E-state index < -0.39 is 0 Å². The topological polar surface area (TPSA) is 26.7 Å². The fourth-order valence-corrected chi connectivity index (χ4v) is 3.73. The first-order chi connectivity index (χ1) is 10.2. The van der Waals surface area contributed by atoms with Crippen LogP contribution in [-0.4, -0.2) is 36.7 Å². The Hall–Kier alpha value is -2.00. The van der Waals surface area contributed by atoms with E-state index in [1.54, 1.807) is 0 Å². The van der Waals surface area contributed by atoms with Crippen LogP contribution >= 0.6 is 0 Å². The quantitative estimate of drug-likeness (QED) is 0.804. The summed E-state index contributed by atoms with van der Waals surface area (Å²) in [5, 5.41) is 10.4. The van der Waals surface area contributed by atoms with E-state index in [0.717, 1.165) is 31.7 Å². The number of benzene rings is 2. The van der Waals surface area contributed by atoms with Crippen LogP contribution in [0.25, 0.3) is 0 Å². The Morgan fingerprint density at radius 1 is 1.00 bits per heavy atom. The van der Waals surface area contributed by atoms with Crippen molar-refractivity contribution in [3.05, 3.63) is 59.2 Å². The number of aromatic hydroxyl groups is 1. The van der Waals surface area contributed by atoms with Gasteiger partial charge in [-0.1, -0.05) is 36.4 Å². The molecule has 1 saturated heterocycles. The number of phenolic OH excluding ortho intramolecular Hbond substituents is 1. The van der Waals surface area contributed by atoms with Crippen molar-refractivity contribution in [1.82, 2.24) is 4.90 Å². The largest absolute Gasteiger partial charge is 0.506 e. The van der Waals surface area contributed by atoms with E-state index in [2.05, 4.69) is 47.2 Å². The standard InChI is InChI=1S/C18H20N2O/c1-19-9-10-20-16(12-19)15-7-3-2-5-13(15)11-14-6-4-8-17(21)18(14)20/h2-8,16,21H,9-12H2,1H3/t16-/m1/s1. The lowest BCUT2D eigenvalue weighted by atomic mass is 9.96. The Morgan fingerprint density at radius 2 is 1.81 bits per heavy atom. The summed E-state index contributed by atoms with van der Waals surface area (Å²) < 4.78 is 0. The second-order valence-electron chi connectivity index (χ2n) is 6.13. The number of hydrogen-bond acceptors (Lipinski definition) is 3. The third-order valence-electron chi connectivity index (χ3n) is 4.76. The molecule has 1 fully saturated rings. The lowest BCUT2D eigenvalue weighted by Crippen LogP contribution is -2.47. The van der Waals surface area contributed by atoms with Crippen LogP contribution in [0.15, 0.2) is 42.5 Å². The maximum absolute atomic E-state index is 10.4. The molecular formula is C18H20N2O. The molecule has 108 valence electrons. The van der Waals surface area contributed by atoms with Crippen molar-refractivity contribution in [2.45, 2.75) is 12.5 Å². The minimum atomic E-state index is 0.328. The molecule has 2 aliphatic rings. The van der Waals surface area contributed by atoms with Crippen LogP contribution in [0.5, 0.6) is 5.75 Å². The Morgan fingerprint density at radius 3 is 2.71 bits per heavy atom. The highest BCUT2D eigenvalue weighted by molar-refractivity contribution is 5.67. The van der Waals surface area contributed by atoms with Gasteiger partial charge in [-0.3, -0.25) is 0 Å². The molecule has 2 aromatic carbocycles. The Labute approximate surface area is 125 Å². The average molecular weight is 280 g/mol. The van der Waals surface area contributed by atoms with E-state index in [1.165, 1.54) is 16.7 Å². The van der Waals surface area contributed by atoms with Crippen molar-refractivity contribution in [2.75, 3.05) is 31.6 Å². The third kappa shape index (κ3) is 2.00. The van der Waals surface area contributed by atoms with Gasteiger partial charge in [-0.05, 0) is 36.2 Å². The fraction of sp³-hybridized carbons (Fsp3) is 0.333. The molecule has 1 atom stereocenters. The zero-order chi connectivity index (χ0) is 14.4. The maximum atomic E-state index is 10.4. The minimum absolute atomic E-state index is 0.328. The SMILES string of the molecule is CN1CCN2c3c(O)cccc3Cc3ccccc3[C@H]2C1. The summed E-state index contributed by atoms with van der Waals surface area (Å²) in [6.07, 6.45) is 0.899. The molecule has 0 bridgehead atoms. The van der Waals surface area contributed by atoms with E-state index in [1.807, 2.05) is 12.1 Å². The summed E-state index contributed by atoms with van der Waals surface area (Å²) in [6.45, 7) is 3.00. The van der Waals surface area contributed by atoms with Crippen LogP contribution in [-0.2, 0) is 6.42 Å². The van der Waals surface area contributed by atoms with Gasteiger partial charge < -0.3 is 14.9 Å². The van der Waals surface area contributed by atoms with Gasteiger partial charge >= 0.3 is 0 Å². The van der Waals surface area contributed by atoms with Crippen LogP contribution < -0.4 is 4.90 Å². The van der Waals surface area contributed by atoms with Gasteiger partial charge in [0.25, 0.3) is 0 Å².